The second-order valence-corrected chi connectivity index (χ2v) is 7.64. The van der Waals surface area contributed by atoms with Crippen molar-refractivity contribution in [2.45, 2.75) is 19.8 Å². The van der Waals surface area contributed by atoms with E-state index in [1.807, 2.05) is 24.9 Å². The fourth-order valence-corrected chi connectivity index (χ4v) is 4.30. The number of hydrogen-bond donors (Lipinski definition) is 1. The van der Waals surface area contributed by atoms with Crippen molar-refractivity contribution in [2.75, 3.05) is 26.7 Å². The lowest BCUT2D eigenvalue weighted by atomic mass is 9.96. The van der Waals surface area contributed by atoms with E-state index in [2.05, 4.69) is 5.32 Å². The van der Waals surface area contributed by atoms with Crippen LogP contribution in [0.1, 0.15) is 27.4 Å². The molecule has 0 unspecified atom stereocenters. The van der Waals surface area contributed by atoms with E-state index in [9.17, 15) is 9.18 Å². The molecule has 0 spiro atoms. The molecule has 0 saturated carbocycles. The minimum Gasteiger partial charge on any atom is -0.338 e. The van der Waals surface area contributed by atoms with Crippen molar-refractivity contribution >= 4 is 17.2 Å². The third kappa shape index (κ3) is 3.68. The molecule has 3 rings (SSSR count). The summed E-state index contributed by atoms with van der Waals surface area (Å²) in [6.07, 6.45) is 2.11. The quantitative estimate of drug-likeness (QED) is 0.910. The summed E-state index contributed by atoms with van der Waals surface area (Å²) in [5, 5.41) is 3.22. The smallest absolute Gasteiger partial charge is 0.263 e. The van der Waals surface area contributed by atoms with Gasteiger partial charge in [-0.15, -0.1) is 11.3 Å². The van der Waals surface area contributed by atoms with Crippen LogP contribution in [0.15, 0.2) is 30.3 Å². The fraction of sp³-hybridized carbons (Fsp3) is 0.421. The number of amides is 1. The van der Waals surface area contributed by atoms with Crippen LogP contribution < -0.4 is 5.32 Å². The van der Waals surface area contributed by atoms with E-state index < -0.39 is 0 Å². The Hall–Kier alpha value is -1.72. The molecular formula is C19H23FN2OS. The monoisotopic (exact) mass is 346 g/mol. The van der Waals surface area contributed by atoms with Crippen molar-refractivity contribution in [1.82, 2.24) is 10.2 Å². The average molecular weight is 346 g/mol. The van der Waals surface area contributed by atoms with Crippen molar-refractivity contribution in [3.05, 3.63) is 45.9 Å². The Balaban J connectivity index is 1.73. The van der Waals surface area contributed by atoms with Gasteiger partial charge in [0.1, 0.15) is 5.82 Å². The molecule has 1 aromatic carbocycles. The van der Waals surface area contributed by atoms with E-state index in [-0.39, 0.29) is 11.7 Å². The lowest BCUT2D eigenvalue weighted by Gasteiger charge is -2.31. The van der Waals surface area contributed by atoms with Gasteiger partial charge < -0.3 is 10.2 Å². The number of piperidine rings is 1. The molecule has 1 aliphatic rings. The third-order valence-corrected chi connectivity index (χ3v) is 5.72. The number of carbonyl (C=O) groups excluding carboxylic acids is 1. The molecule has 0 radical (unpaired) electrons. The van der Waals surface area contributed by atoms with E-state index in [1.165, 1.54) is 23.5 Å². The molecule has 0 bridgehead atoms. The number of halogens is 1. The Bertz CT molecular complexity index is 703. The Morgan fingerprint density at radius 1 is 1.29 bits per heavy atom. The zero-order valence-corrected chi connectivity index (χ0v) is 15.0. The second kappa shape index (κ2) is 7.45. The van der Waals surface area contributed by atoms with Crippen molar-refractivity contribution in [3.8, 4) is 11.1 Å². The van der Waals surface area contributed by atoms with Crippen LogP contribution in [0, 0.1) is 18.7 Å². The summed E-state index contributed by atoms with van der Waals surface area (Å²) in [7, 11) is 1.98. The Labute approximate surface area is 146 Å². The van der Waals surface area contributed by atoms with Gasteiger partial charge in [-0.2, -0.15) is 0 Å². The van der Waals surface area contributed by atoms with Crippen molar-refractivity contribution in [3.63, 3.8) is 0 Å². The molecule has 2 heterocycles. The number of carbonyl (C=O) groups is 1. The van der Waals surface area contributed by atoms with E-state index in [1.54, 1.807) is 12.1 Å². The van der Waals surface area contributed by atoms with E-state index in [0.29, 0.717) is 5.92 Å². The van der Waals surface area contributed by atoms with Crippen LogP contribution >= 0.6 is 11.3 Å². The van der Waals surface area contributed by atoms with Gasteiger partial charge in [-0.05, 0) is 68.6 Å². The highest BCUT2D eigenvalue weighted by Crippen LogP contribution is 2.32. The van der Waals surface area contributed by atoms with Gasteiger partial charge in [-0.1, -0.05) is 12.1 Å². The van der Waals surface area contributed by atoms with Gasteiger partial charge in [0, 0.05) is 18.0 Å². The molecule has 1 aromatic heterocycles. The van der Waals surface area contributed by atoms with Crippen molar-refractivity contribution in [2.24, 2.45) is 5.92 Å². The maximum Gasteiger partial charge on any atom is 0.263 e. The van der Waals surface area contributed by atoms with Gasteiger partial charge in [0.15, 0.2) is 0 Å². The predicted molar refractivity (Wildman–Crippen MR) is 97.0 cm³/mol. The molecule has 0 aliphatic carbocycles. The van der Waals surface area contributed by atoms with Crippen LogP contribution in [0.2, 0.25) is 0 Å². The van der Waals surface area contributed by atoms with E-state index in [4.69, 9.17) is 0 Å². The summed E-state index contributed by atoms with van der Waals surface area (Å²) in [6, 6.07) is 8.40. The maximum absolute atomic E-state index is 13.1. The summed E-state index contributed by atoms with van der Waals surface area (Å²) in [4.78, 5) is 16.6. The van der Waals surface area contributed by atoms with Crippen LogP contribution in [0.3, 0.4) is 0 Å². The lowest BCUT2D eigenvalue weighted by molar-refractivity contribution is 0.0696. The van der Waals surface area contributed by atoms with Gasteiger partial charge >= 0.3 is 0 Å². The first kappa shape index (κ1) is 17.1. The summed E-state index contributed by atoms with van der Waals surface area (Å²) < 4.78 is 13.1. The molecule has 1 amide bonds. The largest absolute Gasteiger partial charge is 0.338 e. The SMILES string of the molecule is CNCC1CCN(C(=O)c2cc(-c3ccc(F)cc3)c(C)s2)CC1. The fourth-order valence-electron chi connectivity index (χ4n) is 3.29. The molecule has 1 N–H and O–H groups in total. The number of nitrogens with zero attached hydrogens (tertiary/aromatic N) is 1. The highest BCUT2D eigenvalue weighted by molar-refractivity contribution is 7.14. The third-order valence-electron chi connectivity index (χ3n) is 4.68. The first-order chi connectivity index (χ1) is 11.6. The molecule has 1 aliphatic heterocycles. The second-order valence-electron chi connectivity index (χ2n) is 6.38. The Morgan fingerprint density at radius 3 is 2.58 bits per heavy atom. The predicted octanol–water partition coefficient (Wildman–Crippen LogP) is 3.93. The zero-order valence-electron chi connectivity index (χ0n) is 14.1. The van der Waals surface area contributed by atoms with Crippen LogP contribution in [0.4, 0.5) is 4.39 Å². The van der Waals surface area contributed by atoms with Crippen LogP contribution in [0.5, 0.6) is 0 Å². The van der Waals surface area contributed by atoms with Crippen LogP contribution in [0.25, 0.3) is 11.1 Å². The van der Waals surface area contributed by atoms with Gasteiger partial charge in [0.2, 0.25) is 0 Å². The summed E-state index contributed by atoms with van der Waals surface area (Å²) >= 11 is 1.53. The summed E-state index contributed by atoms with van der Waals surface area (Å²) in [5.74, 6) is 0.547. The molecule has 3 nitrogen and oxygen atoms in total. The Morgan fingerprint density at radius 2 is 1.96 bits per heavy atom. The lowest BCUT2D eigenvalue weighted by Crippen LogP contribution is -2.40. The summed E-state index contributed by atoms with van der Waals surface area (Å²) in [6.45, 7) is 4.69. The molecule has 128 valence electrons. The standard InChI is InChI=1S/C19H23FN2OS/c1-13-17(15-3-5-16(20)6-4-15)11-18(24-13)19(23)22-9-7-14(8-10-22)12-21-2/h3-6,11,14,21H,7-10,12H2,1-2H3. The van der Waals surface area contributed by atoms with Crippen LogP contribution in [-0.2, 0) is 0 Å². The summed E-state index contributed by atoms with van der Waals surface area (Å²) in [5.41, 5.74) is 1.98. The van der Waals surface area contributed by atoms with Gasteiger partial charge in [0.25, 0.3) is 5.91 Å². The number of hydrogen-bond acceptors (Lipinski definition) is 3. The van der Waals surface area contributed by atoms with Crippen LogP contribution in [-0.4, -0.2) is 37.5 Å². The normalized spacial score (nSPS) is 15.7. The number of rotatable bonds is 4. The highest BCUT2D eigenvalue weighted by atomic mass is 32.1. The van der Waals surface area contributed by atoms with E-state index in [0.717, 1.165) is 53.4 Å². The highest BCUT2D eigenvalue weighted by Gasteiger charge is 2.25. The molecule has 1 fully saturated rings. The molecule has 1 saturated heterocycles. The van der Waals surface area contributed by atoms with Crippen molar-refractivity contribution < 1.29 is 9.18 Å². The molecule has 2 aromatic rings. The number of aryl methyl sites for hydroxylation is 1. The van der Waals surface area contributed by atoms with Gasteiger partial charge in [-0.25, -0.2) is 4.39 Å². The zero-order chi connectivity index (χ0) is 17.1. The van der Waals surface area contributed by atoms with Gasteiger partial charge in [-0.3, -0.25) is 4.79 Å². The minimum absolute atomic E-state index is 0.124. The molecule has 5 heteroatoms. The minimum atomic E-state index is -0.243. The molecular weight excluding hydrogens is 323 g/mol. The van der Waals surface area contributed by atoms with Crippen molar-refractivity contribution in [1.29, 1.82) is 0 Å². The van der Waals surface area contributed by atoms with Gasteiger partial charge in [0.05, 0.1) is 4.88 Å². The first-order valence-corrected chi connectivity index (χ1v) is 9.20. The average Bonchev–Trinajstić information content (AvgIpc) is 2.98. The number of benzene rings is 1. The Kier molecular flexibility index (Phi) is 5.31. The maximum atomic E-state index is 13.1. The molecule has 24 heavy (non-hydrogen) atoms. The molecule has 0 atom stereocenters. The number of thiophene rings is 1. The van der Waals surface area contributed by atoms with E-state index >= 15 is 0 Å². The topological polar surface area (TPSA) is 32.3 Å². The number of nitrogens with one attached hydrogen (secondary N) is 1. The first-order valence-electron chi connectivity index (χ1n) is 8.38. The number of likely N-dealkylation sites (tertiary alicyclic amines) is 1.